The molecule has 2 nitrogen and oxygen atoms in total. The molecular weight excluding hydrogens is 327 g/mol. The van der Waals surface area contributed by atoms with Crippen molar-refractivity contribution in [3.05, 3.63) is 0 Å². The number of alkyl halides is 5. The first-order chi connectivity index (χ1) is 10.2. The van der Waals surface area contributed by atoms with Crippen molar-refractivity contribution >= 4 is 11.2 Å². The second-order valence-corrected chi connectivity index (χ2v) is 7.03. The largest absolute Gasteiger partial charge is 0.616 e. The fourth-order valence-electron chi connectivity index (χ4n) is 1.95. The van der Waals surface area contributed by atoms with Gasteiger partial charge < -0.3 is 4.55 Å². The molecule has 0 aliphatic heterocycles. The summed E-state index contributed by atoms with van der Waals surface area (Å²) in [5, 5.41) is 10.2. The molecule has 0 aromatic heterocycles. The molecule has 0 amide bonds. The number of unbranched alkanes of at least 4 members (excludes halogenated alkanes) is 6. The van der Waals surface area contributed by atoms with Crippen LogP contribution in [0.2, 0.25) is 0 Å². The lowest BCUT2D eigenvalue weighted by molar-refractivity contribution is -0.284. The number of rotatable bonds is 13. The van der Waals surface area contributed by atoms with Crippen LogP contribution in [0.1, 0.15) is 57.8 Å². The van der Waals surface area contributed by atoms with Crippen LogP contribution in [0, 0.1) is 0 Å². The first-order valence-electron chi connectivity index (χ1n) is 7.58. The summed E-state index contributed by atoms with van der Waals surface area (Å²) in [4.78, 5) is 0. The Morgan fingerprint density at radius 3 is 1.68 bits per heavy atom. The van der Waals surface area contributed by atoms with Gasteiger partial charge in [0.05, 0.1) is 6.61 Å². The lowest BCUT2D eigenvalue weighted by Crippen LogP contribution is -2.36. The zero-order chi connectivity index (χ0) is 17.1. The van der Waals surface area contributed by atoms with Gasteiger partial charge in [-0.25, -0.2) is 5.11 Å². The zero-order valence-electron chi connectivity index (χ0n) is 12.6. The standard InChI is InChI=1S/C14H24F5O2S/c15-13(16,14(17,18)19)9-8-12-22(21)11-7-5-3-1-2-4-6-10-20/h1-12H2. The van der Waals surface area contributed by atoms with E-state index in [0.29, 0.717) is 18.6 Å². The molecule has 0 aromatic rings. The molecule has 1 unspecified atom stereocenters. The van der Waals surface area contributed by atoms with E-state index >= 15 is 0 Å². The smallest absolute Gasteiger partial charge is 0.453 e. The van der Waals surface area contributed by atoms with Crippen molar-refractivity contribution in [3.8, 4) is 0 Å². The first kappa shape index (κ1) is 21.9. The van der Waals surface area contributed by atoms with Gasteiger partial charge in [0, 0.05) is 6.42 Å². The third-order valence-electron chi connectivity index (χ3n) is 3.29. The maximum Gasteiger partial charge on any atom is 0.453 e. The highest BCUT2D eigenvalue weighted by atomic mass is 32.2. The maximum atomic E-state index is 12.6. The summed E-state index contributed by atoms with van der Waals surface area (Å²) in [6, 6.07) is 0. The van der Waals surface area contributed by atoms with E-state index < -0.39 is 36.1 Å². The predicted octanol–water partition coefficient (Wildman–Crippen LogP) is 4.87. The summed E-state index contributed by atoms with van der Waals surface area (Å²) in [5.41, 5.74) is 0. The van der Waals surface area contributed by atoms with E-state index in [9.17, 15) is 31.6 Å². The molecule has 0 fully saturated rings. The van der Waals surface area contributed by atoms with Crippen LogP contribution in [-0.2, 0) is 16.3 Å². The van der Waals surface area contributed by atoms with Gasteiger partial charge in [0.2, 0.25) is 0 Å². The predicted molar refractivity (Wildman–Crippen MR) is 76.0 cm³/mol. The second kappa shape index (κ2) is 11.5. The van der Waals surface area contributed by atoms with Crippen LogP contribution in [0.25, 0.3) is 0 Å². The van der Waals surface area contributed by atoms with Crippen LogP contribution >= 0.6 is 0 Å². The highest BCUT2D eigenvalue weighted by molar-refractivity contribution is 7.91. The van der Waals surface area contributed by atoms with Gasteiger partial charge in [0.1, 0.15) is 11.5 Å². The summed E-state index contributed by atoms with van der Waals surface area (Å²) in [6.45, 7) is -0.0492. The molecular formula is C14H24F5O2S. The van der Waals surface area contributed by atoms with Crippen LogP contribution in [0.5, 0.6) is 0 Å². The van der Waals surface area contributed by atoms with E-state index in [0.717, 1.165) is 32.1 Å². The molecule has 0 heterocycles. The molecule has 0 aromatic carbocycles. The van der Waals surface area contributed by atoms with Crippen LogP contribution < -0.4 is 0 Å². The Hall–Kier alpha value is -0.0800. The average molecular weight is 351 g/mol. The monoisotopic (exact) mass is 351 g/mol. The van der Waals surface area contributed by atoms with Gasteiger partial charge >= 0.3 is 12.1 Å². The Morgan fingerprint density at radius 1 is 0.727 bits per heavy atom. The van der Waals surface area contributed by atoms with E-state index in [1.54, 1.807) is 0 Å². The van der Waals surface area contributed by atoms with E-state index in [1.807, 2.05) is 0 Å². The molecule has 0 rings (SSSR count). The van der Waals surface area contributed by atoms with Gasteiger partial charge in [-0.05, 0) is 25.7 Å². The Morgan fingerprint density at radius 2 is 1.18 bits per heavy atom. The van der Waals surface area contributed by atoms with E-state index in [1.165, 1.54) is 0 Å². The summed E-state index contributed by atoms with van der Waals surface area (Å²) < 4.78 is 72.5. The number of hydrogen-bond donors (Lipinski definition) is 0. The molecule has 0 aliphatic carbocycles. The minimum atomic E-state index is -5.53. The van der Waals surface area contributed by atoms with Gasteiger partial charge in [0.15, 0.2) is 0 Å². The summed E-state index contributed by atoms with van der Waals surface area (Å²) in [6.07, 6.45) is -1.11. The minimum absolute atomic E-state index is 0.0492. The first-order valence-corrected chi connectivity index (χ1v) is 9.07. The summed E-state index contributed by atoms with van der Waals surface area (Å²) in [7, 11) is 0. The molecule has 22 heavy (non-hydrogen) atoms. The van der Waals surface area contributed by atoms with E-state index in [2.05, 4.69) is 0 Å². The van der Waals surface area contributed by atoms with E-state index in [-0.39, 0.29) is 12.4 Å². The summed E-state index contributed by atoms with van der Waals surface area (Å²) >= 11 is -1.33. The molecule has 0 N–H and O–H groups in total. The van der Waals surface area contributed by atoms with Crippen molar-refractivity contribution in [1.29, 1.82) is 0 Å². The molecule has 8 heteroatoms. The van der Waals surface area contributed by atoms with Crippen molar-refractivity contribution in [2.75, 3.05) is 18.1 Å². The van der Waals surface area contributed by atoms with Crippen LogP contribution in [0.3, 0.4) is 0 Å². The number of hydrogen-bond acceptors (Lipinski definition) is 1. The zero-order valence-corrected chi connectivity index (χ0v) is 13.4. The van der Waals surface area contributed by atoms with Crippen molar-refractivity contribution in [2.45, 2.75) is 69.9 Å². The highest BCUT2D eigenvalue weighted by Crippen LogP contribution is 2.38. The van der Waals surface area contributed by atoms with Gasteiger partial charge in [0.25, 0.3) is 0 Å². The quantitative estimate of drug-likeness (QED) is 0.265. The fourth-order valence-corrected chi connectivity index (χ4v) is 3.14. The molecule has 1 atom stereocenters. The Kier molecular flexibility index (Phi) is 11.4. The lowest BCUT2D eigenvalue weighted by Gasteiger charge is -2.19. The van der Waals surface area contributed by atoms with E-state index in [4.69, 9.17) is 0 Å². The Bertz CT molecular complexity index is 274. The lowest BCUT2D eigenvalue weighted by atomic mass is 10.1. The SMILES string of the molecule is [O]CCCCCCCCC[S+]([O-])CCCC(F)(F)C(F)(F)F. The average Bonchev–Trinajstić information content (AvgIpc) is 2.40. The van der Waals surface area contributed by atoms with Crippen molar-refractivity contribution in [2.24, 2.45) is 0 Å². The Balaban J connectivity index is 3.53. The minimum Gasteiger partial charge on any atom is -0.616 e. The third-order valence-corrected chi connectivity index (χ3v) is 4.78. The third kappa shape index (κ3) is 10.6. The van der Waals surface area contributed by atoms with Gasteiger partial charge in [-0.15, -0.1) is 0 Å². The van der Waals surface area contributed by atoms with Gasteiger partial charge in [-0.2, -0.15) is 22.0 Å². The van der Waals surface area contributed by atoms with Gasteiger partial charge in [-0.3, -0.25) is 0 Å². The van der Waals surface area contributed by atoms with Crippen LogP contribution in [-0.4, -0.2) is 34.8 Å². The molecule has 0 saturated heterocycles. The summed E-state index contributed by atoms with van der Waals surface area (Å²) in [5.74, 6) is -4.46. The van der Waals surface area contributed by atoms with Crippen molar-refractivity contribution in [3.63, 3.8) is 0 Å². The molecule has 0 saturated carbocycles. The molecule has 133 valence electrons. The van der Waals surface area contributed by atoms with Crippen molar-refractivity contribution < 1.29 is 31.6 Å². The topological polar surface area (TPSA) is 43.0 Å². The molecule has 0 bridgehead atoms. The fraction of sp³-hybridized carbons (Fsp3) is 1.00. The van der Waals surface area contributed by atoms with Crippen molar-refractivity contribution in [1.82, 2.24) is 0 Å². The molecule has 1 radical (unpaired) electrons. The Labute approximate surface area is 131 Å². The maximum absolute atomic E-state index is 12.6. The number of halogens is 5. The molecule has 0 spiro atoms. The molecule has 0 aliphatic rings. The van der Waals surface area contributed by atoms with Crippen LogP contribution in [0.15, 0.2) is 0 Å². The normalized spacial score (nSPS) is 14.3. The highest BCUT2D eigenvalue weighted by Gasteiger charge is 2.56. The van der Waals surface area contributed by atoms with Gasteiger partial charge in [-0.1, -0.05) is 36.9 Å². The van der Waals surface area contributed by atoms with Crippen LogP contribution in [0.4, 0.5) is 22.0 Å². The second-order valence-electron chi connectivity index (χ2n) is 5.33.